The molecule has 1 aromatic carbocycles. The van der Waals surface area contributed by atoms with Crippen molar-refractivity contribution >= 4 is 22.6 Å². The monoisotopic (exact) mass is 657 g/mol. The topological polar surface area (TPSA) is 98.2 Å². The Labute approximate surface area is 282 Å². The van der Waals surface area contributed by atoms with E-state index in [0.717, 1.165) is 69.6 Å². The van der Waals surface area contributed by atoms with Crippen LogP contribution in [0.1, 0.15) is 69.8 Å². The molecule has 1 N–H and O–H groups in total. The number of anilines is 1. The van der Waals surface area contributed by atoms with Gasteiger partial charge in [-0.1, -0.05) is 12.6 Å². The van der Waals surface area contributed by atoms with E-state index in [2.05, 4.69) is 40.3 Å². The number of phenols is 1. The molecule has 2 aromatic heterocycles. The summed E-state index contributed by atoms with van der Waals surface area (Å²) in [6.45, 7) is 10.9. The van der Waals surface area contributed by atoms with Crippen molar-refractivity contribution in [3.05, 3.63) is 48.4 Å². The molecule has 11 heteroatoms. The molecule has 5 aliphatic rings. The first-order valence-corrected chi connectivity index (χ1v) is 17.6. The molecule has 0 radical (unpaired) electrons. The van der Waals surface area contributed by atoms with E-state index < -0.39 is 5.82 Å². The predicted molar refractivity (Wildman–Crippen MR) is 185 cm³/mol. The highest BCUT2D eigenvalue weighted by molar-refractivity contribution is 5.92. The van der Waals surface area contributed by atoms with E-state index in [1.807, 2.05) is 18.0 Å². The van der Waals surface area contributed by atoms with Gasteiger partial charge in [0, 0.05) is 44.0 Å². The van der Waals surface area contributed by atoms with Crippen LogP contribution in [0.3, 0.4) is 0 Å². The zero-order valence-electron chi connectivity index (χ0n) is 28.5. The van der Waals surface area contributed by atoms with Crippen molar-refractivity contribution in [1.82, 2.24) is 29.7 Å². The van der Waals surface area contributed by atoms with Gasteiger partial charge >= 0.3 is 6.01 Å². The smallest absolute Gasteiger partial charge is 0.319 e. The van der Waals surface area contributed by atoms with Gasteiger partial charge in [-0.25, -0.2) is 4.39 Å². The molecule has 4 aliphatic heterocycles. The maximum atomic E-state index is 16.5. The molecule has 256 valence electrons. The highest BCUT2D eigenvalue weighted by Gasteiger charge is 2.45. The van der Waals surface area contributed by atoms with Crippen LogP contribution in [0.2, 0.25) is 0 Å². The first kappa shape index (κ1) is 32.7. The molecule has 5 fully saturated rings. The summed E-state index contributed by atoms with van der Waals surface area (Å²) in [5.74, 6) is 0.274. The largest absolute Gasteiger partial charge is 0.508 e. The molecule has 1 saturated carbocycles. The summed E-state index contributed by atoms with van der Waals surface area (Å²) >= 11 is 0. The number of hydrogen-bond donors (Lipinski definition) is 1. The molecule has 3 aromatic rings. The van der Waals surface area contributed by atoms with Gasteiger partial charge in [0.2, 0.25) is 5.91 Å². The maximum absolute atomic E-state index is 16.5. The van der Waals surface area contributed by atoms with E-state index in [1.54, 1.807) is 23.2 Å². The Bertz CT molecular complexity index is 1680. The lowest BCUT2D eigenvalue weighted by molar-refractivity contribution is -0.125. The number of likely N-dealkylation sites (N-methyl/N-ethyl adjacent to an activating group) is 1. The van der Waals surface area contributed by atoms with Gasteiger partial charge < -0.3 is 24.5 Å². The third-order valence-electron chi connectivity index (χ3n) is 11.4. The average Bonchev–Trinajstić information content (AvgIpc) is 3.47. The molecule has 2 unspecified atom stereocenters. The second-order valence-corrected chi connectivity index (χ2v) is 14.4. The Morgan fingerprint density at radius 1 is 1.15 bits per heavy atom. The summed E-state index contributed by atoms with van der Waals surface area (Å²) in [4.78, 5) is 34.9. The lowest BCUT2D eigenvalue weighted by Gasteiger charge is -2.34. The number of pyridine rings is 1. The van der Waals surface area contributed by atoms with Crippen molar-refractivity contribution in [2.75, 3.05) is 58.3 Å². The minimum Gasteiger partial charge on any atom is -0.508 e. The zero-order chi connectivity index (χ0) is 33.6. The third kappa shape index (κ3) is 6.22. The fourth-order valence-corrected chi connectivity index (χ4v) is 7.91. The predicted octanol–water partition coefficient (Wildman–Crippen LogP) is 5.35. The lowest BCUT2D eigenvalue weighted by atomic mass is 9.95. The maximum Gasteiger partial charge on any atom is 0.319 e. The van der Waals surface area contributed by atoms with E-state index in [1.165, 1.54) is 19.0 Å². The molecule has 0 spiro atoms. The SMILES string of the molecule is C=CC(=O)N1CCC(N(C)c2nc(OCC34CCCN3CCC4)nc3c(F)c(-c4cc(O)ccc4C4CC4)ncc23)C1.CC1CCN1C. The van der Waals surface area contributed by atoms with E-state index >= 15 is 4.39 Å². The molecule has 48 heavy (non-hydrogen) atoms. The number of amides is 1. The van der Waals surface area contributed by atoms with Crippen LogP contribution < -0.4 is 9.64 Å². The van der Waals surface area contributed by atoms with Gasteiger partial charge in [0.25, 0.3) is 0 Å². The number of aromatic nitrogens is 3. The standard InChI is InChI=1S/C32H37FN6O3.C5H11N/c1-3-26(41)38-15-10-21(18-38)37(2)30-25-17-34-28(24-16-22(40)8-9-23(24)20-6-7-20)27(33)29(25)35-31(36-30)42-19-32-11-4-13-39(32)14-5-12-32;1-5-3-4-6(5)2/h3,8-9,16-17,20-21,40H,1,4-7,10-15,18-19H2,2H3;5H,3-4H2,1-2H3. The van der Waals surface area contributed by atoms with Crippen LogP contribution in [0, 0.1) is 5.82 Å². The number of fused-ring (bicyclic) bond motifs is 2. The Morgan fingerprint density at radius 2 is 1.90 bits per heavy atom. The first-order chi connectivity index (χ1) is 23.2. The number of rotatable bonds is 8. The number of likely N-dealkylation sites (tertiary alicyclic amines) is 2. The van der Waals surface area contributed by atoms with Gasteiger partial charge in [-0.15, -0.1) is 0 Å². The van der Waals surface area contributed by atoms with Gasteiger partial charge in [-0.3, -0.25) is 14.7 Å². The van der Waals surface area contributed by atoms with Gasteiger partial charge in [-0.05, 0) is 115 Å². The van der Waals surface area contributed by atoms with Gasteiger partial charge in [0.15, 0.2) is 5.82 Å². The number of carbonyl (C=O) groups is 1. The minimum atomic E-state index is -0.557. The number of aromatic hydroxyl groups is 1. The van der Waals surface area contributed by atoms with E-state index in [0.29, 0.717) is 42.4 Å². The van der Waals surface area contributed by atoms with Gasteiger partial charge in [0.1, 0.15) is 29.4 Å². The second kappa shape index (κ2) is 13.2. The van der Waals surface area contributed by atoms with Crippen molar-refractivity contribution in [3.8, 4) is 23.0 Å². The molecule has 10 nitrogen and oxygen atoms in total. The van der Waals surface area contributed by atoms with E-state index in [9.17, 15) is 9.90 Å². The summed E-state index contributed by atoms with van der Waals surface area (Å²) in [6.07, 6.45) is 11.6. The lowest BCUT2D eigenvalue weighted by Crippen LogP contribution is -2.43. The molecule has 0 bridgehead atoms. The Morgan fingerprint density at radius 3 is 2.54 bits per heavy atom. The fourth-order valence-electron chi connectivity index (χ4n) is 7.91. The zero-order valence-corrected chi connectivity index (χ0v) is 28.5. The van der Waals surface area contributed by atoms with Crippen LogP contribution in [0.4, 0.5) is 10.2 Å². The Kier molecular flexibility index (Phi) is 9.02. The van der Waals surface area contributed by atoms with Crippen molar-refractivity contribution in [3.63, 3.8) is 0 Å². The number of ether oxygens (including phenoxy) is 1. The van der Waals surface area contributed by atoms with Crippen molar-refractivity contribution in [2.45, 2.75) is 81.8 Å². The summed E-state index contributed by atoms with van der Waals surface area (Å²) in [5, 5.41) is 10.8. The van der Waals surface area contributed by atoms with Crippen LogP contribution in [0.15, 0.2) is 37.1 Å². The highest BCUT2D eigenvalue weighted by Crippen LogP contribution is 2.46. The van der Waals surface area contributed by atoms with E-state index in [4.69, 9.17) is 9.72 Å². The van der Waals surface area contributed by atoms with Crippen molar-refractivity contribution in [2.24, 2.45) is 0 Å². The molecule has 8 rings (SSSR count). The molecule has 1 aliphatic carbocycles. The average molecular weight is 658 g/mol. The number of hydrogen-bond acceptors (Lipinski definition) is 9. The fraction of sp³-hybridized carbons (Fsp3) is 0.568. The van der Waals surface area contributed by atoms with Crippen LogP contribution in [0.25, 0.3) is 22.2 Å². The van der Waals surface area contributed by atoms with Crippen LogP contribution in [-0.4, -0.2) is 112 Å². The van der Waals surface area contributed by atoms with E-state index in [-0.39, 0.29) is 40.5 Å². The summed E-state index contributed by atoms with van der Waals surface area (Å²) < 4.78 is 22.9. The number of carbonyl (C=O) groups excluding carboxylic acids is 1. The quantitative estimate of drug-likeness (QED) is 0.322. The molecule has 4 saturated heterocycles. The molecule has 2 atom stereocenters. The van der Waals surface area contributed by atoms with Crippen molar-refractivity contribution in [1.29, 1.82) is 0 Å². The van der Waals surface area contributed by atoms with Crippen molar-refractivity contribution < 1.29 is 19.0 Å². The van der Waals surface area contributed by atoms with Crippen LogP contribution in [-0.2, 0) is 4.79 Å². The number of halogens is 1. The molecular formula is C37H48FN7O3. The summed E-state index contributed by atoms with van der Waals surface area (Å²) in [5.41, 5.74) is 1.87. The Hall–Kier alpha value is -3.83. The molecule has 1 amide bonds. The second-order valence-electron chi connectivity index (χ2n) is 14.4. The molecule has 6 heterocycles. The molecular weight excluding hydrogens is 609 g/mol. The summed E-state index contributed by atoms with van der Waals surface area (Å²) in [7, 11) is 4.08. The van der Waals surface area contributed by atoms with Crippen LogP contribution >= 0.6 is 0 Å². The van der Waals surface area contributed by atoms with Gasteiger partial charge in [0.05, 0.1) is 10.9 Å². The third-order valence-corrected chi connectivity index (χ3v) is 11.4. The summed E-state index contributed by atoms with van der Waals surface area (Å²) in [6, 6.07) is 6.09. The highest BCUT2D eigenvalue weighted by atomic mass is 19.1. The minimum absolute atomic E-state index is 0.00986. The van der Waals surface area contributed by atoms with Crippen LogP contribution in [0.5, 0.6) is 11.8 Å². The number of nitrogens with zero attached hydrogens (tertiary/aromatic N) is 7. The number of phenolic OH excluding ortho intramolecular Hbond substituents is 1. The number of benzene rings is 1. The van der Waals surface area contributed by atoms with Gasteiger partial charge in [-0.2, -0.15) is 9.97 Å². The normalized spacial score (nSPS) is 23.4. The first-order valence-electron chi connectivity index (χ1n) is 17.6. The Balaban J connectivity index is 0.000000550.